The highest BCUT2D eigenvalue weighted by Crippen LogP contribution is 2.44. The number of aliphatic imine (C=N–C) groups is 2. The maximum Gasteiger partial charge on any atom is 0.335 e. The van der Waals surface area contributed by atoms with Crippen LogP contribution >= 0.6 is 0 Å². The fourth-order valence-electron chi connectivity index (χ4n) is 4.92. The molecule has 0 radical (unpaired) electrons. The highest BCUT2D eigenvalue weighted by molar-refractivity contribution is 6.08. The number of carbonyl (C=O) groups excluding carboxylic acids is 2. The fourth-order valence-corrected chi connectivity index (χ4v) is 4.92. The van der Waals surface area contributed by atoms with E-state index in [0.29, 0.717) is 36.1 Å². The quantitative estimate of drug-likeness (QED) is 0.413. The van der Waals surface area contributed by atoms with Crippen LogP contribution in [0.5, 0.6) is 11.5 Å². The van der Waals surface area contributed by atoms with Crippen molar-refractivity contribution in [2.24, 2.45) is 15.4 Å². The molecule has 0 aliphatic carbocycles. The lowest BCUT2D eigenvalue weighted by Gasteiger charge is -2.31. The van der Waals surface area contributed by atoms with Crippen LogP contribution in [0.25, 0.3) is 0 Å². The zero-order chi connectivity index (χ0) is 28.2. The highest BCUT2D eigenvalue weighted by atomic mass is 16.6. The Bertz CT molecular complexity index is 1140. The Morgan fingerprint density at radius 2 is 1.05 bits per heavy atom. The molecule has 0 fully saturated rings. The Morgan fingerprint density at radius 3 is 1.33 bits per heavy atom. The number of rotatable bonds is 10. The van der Waals surface area contributed by atoms with Gasteiger partial charge in [0.2, 0.25) is 11.8 Å². The topological polar surface area (TPSA) is 114 Å². The smallest absolute Gasteiger partial charge is 0.335 e. The summed E-state index contributed by atoms with van der Waals surface area (Å²) in [6.07, 6.45) is -0.445. The standard InChI is InChI=1S/C29H34N2O8/c1-7-29(8-2,27-30-21(25(32)36-5)23(38-27)17-9-13-19(34-3)14-10-17)28-31-22(26(33)37-6)24(39-28)18-11-15-20(35-4)16-12-18/h9-16,21-24H,7-8H2,1-6H3/t21-,22-,23-,24-/m0/s1. The van der Waals surface area contributed by atoms with Gasteiger partial charge in [-0.2, -0.15) is 0 Å². The van der Waals surface area contributed by atoms with E-state index < -0.39 is 41.6 Å². The van der Waals surface area contributed by atoms with Crippen molar-refractivity contribution in [1.82, 2.24) is 0 Å². The van der Waals surface area contributed by atoms with Crippen LogP contribution < -0.4 is 9.47 Å². The molecule has 0 amide bonds. The number of hydrogen-bond donors (Lipinski definition) is 0. The maximum absolute atomic E-state index is 12.8. The Kier molecular flexibility index (Phi) is 8.42. The molecule has 0 bridgehead atoms. The average molecular weight is 539 g/mol. The number of esters is 2. The monoisotopic (exact) mass is 538 g/mol. The van der Waals surface area contributed by atoms with Gasteiger partial charge in [-0.15, -0.1) is 0 Å². The van der Waals surface area contributed by atoms with E-state index in [1.54, 1.807) is 38.5 Å². The van der Waals surface area contributed by atoms with Crippen molar-refractivity contribution >= 4 is 23.7 Å². The third-order valence-electron chi connectivity index (χ3n) is 7.36. The van der Waals surface area contributed by atoms with Crippen molar-refractivity contribution in [3.63, 3.8) is 0 Å². The molecule has 2 aromatic carbocycles. The van der Waals surface area contributed by atoms with E-state index in [2.05, 4.69) is 0 Å². The molecule has 39 heavy (non-hydrogen) atoms. The van der Waals surface area contributed by atoms with E-state index in [4.69, 9.17) is 38.4 Å². The molecule has 0 saturated carbocycles. The molecule has 0 N–H and O–H groups in total. The normalized spacial score (nSPS) is 22.2. The summed E-state index contributed by atoms with van der Waals surface area (Å²) in [7, 11) is 5.80. The first kappa shape index (κ1) is 27.9. The maximum atomic E-state index is 12.8. The second-order valence-corrected chi connectivity index (χ2v) is 9.22. The van der Waals surface area contributed by atoms with Gasteiger partial charge in [0.1, 0.15) is 16.9 Å². The second-order valence-electron chi connectivity index (χ2n) is 9.22. The largest absolute Gasteiger partial charge is 0.497 e. The number of carbonyl (C=O) groups is 2. The van der Waals surface area contributed by atoms with E-state index >= 15 is 0 Å². The zero-order valence-electron chi connectivity index (χ0n) is 23.0. The van der Waals surface area contributed by atoms with Crippen LogP contribution in [-0.2, 0) is 28.5 Å². The molecule has 2 heterocycles. The molecule has 0 saturated heterocycles. The van der Waals surface area contributed by atoms with Crippen LogP contribution in [0.2, 0.25) is 0 Å². The molecular formula is C29H34N2O8. The minimum atomic E-state index is -0.930. The van der Waals surface area contributed by atoms with Crippen LogP contribution in [0, 0.1) is 5.41 Å². The van der Waals surface area contributed by atoms with Crippen LogP contribution in [0.1, 0.15) is 50.0 Å². The molecule has 0 aromatic heterocycles. The van der Waals surface area contributed by atoms with Crippen molar-refractivity contribution in [1.29, 1.82) is 0 Å². The summed E-state index contributed by atoms with van der Waals surface area (Å²) in [5.74, 6) is 0.921. The summed E-state index contributed by atoms with van der Waals surface area (Å²) in [5.41, 5.74) is 0.550. The van der Waals surface area contributed by atoms with Gasteiger partial charge < -0.3 is 28.4 Å². The van der Waals surface area contributed by atoms with E-state index in [0.717, 1.165) is 11.1 Å². The Hall–Kier alpha value is -4.08. The molecule has 2 aliphatic rings. The summed E-state index contributed by atoms with van der Waals surface area (Å²) in [4.78, 5) is 35.0. The predicted molar refractivity (Wildman–Crippen MR) is 143 cm³/mol. The first-order chi connectivity index (χ1) is 18.8. The minimum absolute atomic E-state index is 0.307. The number of hydrogen-bond acceptors (Lipinski definition) is 10. The summed E-state index contributed by atoms with van der Waals surface area (Å²) in [6.45, 7) is 3.92. The first-order valence-electron chi connectivity index (χ1n) is 12.8. The van der Waals surface area contributed by atoms with Crippen molar-refractivity contribution in [2.75, 3.05) is 28.4 Å². The van der Waals surface area contributed by atoms with Gasteiger partial charge in [0.25, 0.3) is 0 Å². The molecule has 208 valence electrons. The van der Waals surface area contributed by atoms with Crippen molar-refractivity contribution in [2.45, 2.75) is 51.0 Å². The summed E-state index contributed by atoms with van der Waals surface area (Å²) in [6, 6.07) is 12.6. The van der Waals surface area contributed by atoms with Gasteiger partial charge >= 0.3 is 11.9 Å². The molecule has 2 aliphatic heterocycles. The van der Waals surface area contributed by atoms with E-state index in [9.17, 15) is 9.59 Å². The van der Waals surface area contributed by atoms with Gasteiger partial charge in [-0.25, -0.2) is 19.6 Å². The molecular weight excluding hydrogens is 504 g/mol. The van der Waals surface area contributed by atoms with Crippen molar-refractivity contribution in [3.8, 4) is 11.5 Å². The Labute approximate surface area is 227 Å². The van der Waals surface area contributed by atoms with E-state index in [1.807, 2.05) is 38.1 Å². The highest BCUT2D eigenvalue weighted by Gasteiger charge is 2.53. The number of ether oxygens (including phenoxy) is 6. The minimum Gasteiger partial charge on any atom is -0.497 e. The molecule has 10 heteroatoms. The van der Waals surface area contributed by atoms with E-state index in [1.165, 1.54) is 14.2 Å². The van der Waals surface area contributed by atoms with Gasteiger partial charge in [0.15, 0.2) is 24.3 Å². The SMILES string of the molecule is CCC(CC)(C1=N[C@H](C(=O)OC)[C@H](c2ccc(OC)cc2)O1)C1=N[C@H](C(=O)OC)[C@H](c2ccc(OC)cc2)O1. The Morgan fingerprint density at radius 1 is 0.692 bits per heavy atom. The van der Waals surface area contributed by atoms with Crippen LogP contribution in [-0.4, -0.2) is 64.3 Å². The van der Waals surface area contributed by atoms with E-state index in [-0.39, 0.29) is 0 Å². The number of benzene rings is 2. The van der Waals surface area contributed by atoms with Crippen LogP contribution in [0.4, 0.5) is 0 Å². The molecule has 0 unspecified atom stereocenters. The predicted octanol–water partition coefficient (Wildman–Crippen LogP) is 4.23. The molecule has 10 nitrogen and oxygen atoms in total. The lowest BCUT2D eigenvalue weighted by molar-refractivity contribution is -0.144. The van der Waals surface area contributed by atoms with Gasteiger partial charge in [-0.3, -0.25) is 0 Å². The van der Waals surface area contributed by atoms with Crippen molar-refractivity contribution in [3.05, 3.63) is 59.7 Å². The van der Waals surface area contributed by atoms with Gasteiger partial charge in [-0.05, 0) is 48.2 Å². The number of methoxy groups -OCH3 is 4. The molecule has 4 atom stereocenters. The fraction of sp³-hybridized carbons (Fsp3) is 0.448. The van der Waals surface area contributed by atoms with Gasteiger partial charge in [0.05, 0.1) is 28.4 Å². The molecule has 0 spiro atoms. The molecule has 4 rings (SSSR count). The third kappa shape index (κ3) is 5.15. The van der Waals surface area contributed by atoms with Gasteiger partial charge in [0, 0.05) is 0 Å². The summed E-state index contributed by atoms with van der Waals surface area (Å²) < 4.78 is 33.5. The van der Waals surface area contributed by atoms with Crippen LogP contribution in [0.15, 0.2) is 58.5 Å². The third-order valence-corrected chi connectivity index (χ3v) is 7.36. The lowest BCUT2D eigenvalue weighted by Crippen LogP contribution is -2.39. The number of nitrogens with zero attached hydrogens (tertiary/aromatic N) is 2. The second kappa shape index (κ2) is 11.8. The average Bonchev–Trinajstić information content (AvgIpc) is 3.64. The first-order valence-corrected chi connectivity index (χ1v) is 12.8. The van der Waals surface area contributed by atoms with Crippen molar-refractivity contribution < 1.29 is 38.0 Å². The lowest BCUT2D eigenvalue weighted by atomic mass is 9.81. The summed E-state index contributed by atoms with van der Waals surface area (Å²) in [5, 5.41) is 0. The Balaban J connectivity index is 1.72. The molecule has 2 aromatic rings. The zero-order valence-corrected chi connectivity index (χ0v) is 23.0. The summed E-state index contributed by atoms with van der Waals surface area (Å²) >= 11 is 0. The van der Waals surface area contributed by atoms with Crippen LogP contribution in [0.3, 0.4) is 0 Å². The van der Waals surface area contributed by atoms with Gasteiger partial charge in [-0.1, -0.05) is 38.1 Å².